The molecule has 4 rings (SSSR count). The second-order valence-corrected chi connectivity index (χ2v) is 8.56. The number of nitrogens with zero attached hydrogens (tertiary/aromatic N) is 2. The molecule has 0 saturated heterocycles. The van der Waals surface area contributed by atoms with Gasteiger partial charge in [-0.25, -0.2) is 4.98 Å². The third-order valence-corrected chi connectivity index (χ3v) is 6.47. The van der Waals surface area contributed by atoms with E-state index in [4.69, 9.17) is 0 Å². The van der Waals surface area contributed by atoms with E-state index in [1.54, 1.807) is 35.6 Å². The van der Waals surface area contributed by atoms with Crippen LogP contribution in [0.3, 0.4) is 0 Å². The average molecular weight is 398 g/mol. The molecule has 7 heteroatoms. The molecule has 2 atom stereocenters. The Labute approximate surface area is 168 Å². The van der Waals surface area contributed by atoms with Gasteiger partial charge in [0.05, 0.1) is 28.4 Å². The van der Waals surface area contributed by atoms with Crippen molar-refractivity contribution in [2.45, 2.75) is 39.2 Å². The van der Waals surface area contributed by atoms with E-state index in [0.717, 1.165) is 36.4 Å². The van der Waals surface area contributed by atoms with E-state index >= 15 is 0 Å². The Hall–Kier alpha value is -2.54. The summed E-state index contributed by atoms with van der Waals surface area (Å²) in [5, 5.41) is 5.92. The first kappa shape index (κ1) is 18.8. The fourth-order valence-electron chi connectivity index (χ4n) is 4.21. The van der Waals surface area contributed by atoms with Crippen molar-refractivity contribution in [2.75, 3.05) is 6.54 Å². The Bertz CT molecular complexity index is 888. The van der Waals surface area contributed by atoms with E-state index in [1.165, 1.54) is 4.90 Å². The molecule has 0 bridgehead atoms. The van der Waals surface area contributed by atoms with Crippen LogP contribution in [0.5, 0.6) is 0 Å². The van der Waals surface area contributed by atoms with Crippen molar-refractivity contribution < 1.29 is 14.4 Å². The van der Waals surface area contributed by atoms with Crippen molar-refractivity contribution in [3.63, 3.8) is 0 Å². The number of fused-ring (bicyclic) bond motifs is 1. The highest BCUT2D eigenvalue weighted by Gasteiger charge is 2.39. The summed E-state index contributed by atoms with van der Waals surface area (Å²) in [6.07, 6.45) is 3.65. The first-order valence-electron chi connectivity index (χ1n) is 9.68. The van der Waals surface area contributed by atoms with E-state index in [-0.39, 0.29) is 29.6 Å². The van der Waals surface area contributed by atoms with Gasteiger partial charge in [-0.15, -0.1) is 11.3 Å². The van der Waals surface area contributed by atoms with Crippen LogP contribution in [0.2, 0.25) is 0 Å². The number of thiazole rings is 1. The molecule has 146 valence electrons. The molecule has 0 spiro atoms. The molecule has 2 aromatic rings. The normalized spacial score (nSPS) is 21.7. The molecule has 1 aromatic heterocycles. The van der Waals surface area contributed by atoms with E-state index in [0.29, 0.717) is 24.2 Å². The largest absolute Gasteiger partial charge is 0.350 e. The molecule has 2 aliphatic rings. The van der Waals surface area contributed by atoms with Crippen molar-refractivity contribution in [1.82, 2.24) is 15.2 Å². The summed E-state index contributed by atoms with van der Waals surface area (Å²) < 4.78 is 0. The van der Waals surface area contributed by atoms with Crippen LogP contribution in [0, 0.1) is 18.8 Å². The number of hydrogen-bond acceptors (Lipinski definition) is 5. The highest BCUT2D eigenvalue weighted by Crippen LogP contribution is 2.33. The second kappa shape index (κ2) is 7.83. The maximum Gasteiger partial charge on any atom is 0.261 e. The number of carbonyl (C=O) groups is 3. The Morgan fingerprint density at radius 2 is 1.86 bits per heavy atom. The quantitative estimate of drug-likeness (QED) is 0.786. The van der Waals surface area contributed by atoms with Crippen molar-refractivity contribution in [3.05, 3.63) is 51.5 Å². The number of benzene rings is 1. The molecule has 1 aliphatic heterocycles. The number of rotatable bonds is 5. The monoisotopic (exact) mass is 397 g/mol. The summed E-state index contributed by atoms with van der Waals surface area (Å²) in [6, 6.07) is 6.92. The van der Waals surface area contributed by atoms with Crippen LogP contribution in [0.25, 0.3) is 0 Å². The standard InChI is InChI=1S/C21H23N3O3S/c1-13-23-15(12-28-13)10-22-19(25)16-7-3-2-6-14(16)11-24-20(26)17-8-4-5-9-18(17)21(24)27/h4-5,8-9,12,14,16H,2-3,6-7,10-11H2,1H3,(H,22,25). The maximum atomic E-state index is 12.8. The van der Waals surface area contributed by atoms with Gasteiger partial charge in [0.15, 0.2) is 0 Å². The van der Waals surface area contributed by atoms with Gasteiger partial charge in [-0.05, 0) is 37.8 Å². The van der Waals surface area contributed by atoms with E-state index < -0.39 is 0 Å². The summed E-state index contributed by atoms with van der Waals surface area (Å²) in [7, 11) is 0. The Balaban J connectivity index is 1.43. The maximum absolute atomic E-state index is 12.8. The van der Waals surface area contributed by atoms with Gasteiger partial charge in [0.25, 0.3) is 11.8 Å². The SMILES string of the molecule is Cc1nc(CNC(=O)C2CCCCC2CN2C(=O)c3ccccc3C2=O)cs1. The lowest BCUT2D eigenvalue weighted by Gasteiger charge is -2.32. The summed E-state index contributed by atoms with van der Waals surface area (Å²) >= 11 is 1.56. The molecule has 2 heterocycles. The highest BCUT2D eigenvalue weighted by molar-refractivity contribution is 7.09. The lowest BCUT2D eigenvalue weighted by atomic mass is 9.78. The van der Waals surface area contributed by atoms with Gasteiger partial charge in [-0.1, -0.05) is 25.0 Å². The van der Waals surface area contributed by atoms with Crippen LogP contribution in [0.4, 0.5) is 0 Å². The molecule has 1 aliphatic carbocycles. The van der Waals surface area contributed by atoms with Crippen molar-refractivity contribution >= 4 is 29.1 Å². The number of aryl methyl sites for hydroxylation is 1. The predicted octanol–water partition coefficient (Wildman–Crippen LogP) is 3.17. The predicted molar refractivity (Wildman–Crippen MR) is 106 cm³/mol. The number of carbonyl (C=O) groups excluding carboxylic acids is 3. The summed E-state index contributed by atoms with van der Waals surface area (Å²) in [6.45, 7) is 2.66. The van der Waals surface area contributed by atoms with E-state index in [9.17, 15) is 14.4 Å². The fraction of sp³-hybridized carbons (Fsp3) is 0.429. The van der Waals surface area contributed by atoms with Crippen LogP contribution in [-0.4, -0.2) is 34.2 Å². The van der Waals surface area contributed by atoms with Crippen LogP contribution in [-0.2, 0) is 11.3 Å². The van der Waals surface area contributed by atoms with Gasteiger partial charge in [0.2, 0.25) is 5.91 Å². The molecule has 1 aromatic carbocycles. The lowest BCUT2D eigenvalue weighted by molar-refractivity contribution is -0.128. The molecule has 0 radical (unpaired) electrons. The third kappa shape index (κ3) is 3.58. The molecule has 2 unspecified atom stereocenters. The first-order valence-corrected chi connectivity index (χ1v) is 10.6. The zero-order valence-electron chi connectivity index (χ0n) is 15.8. The average Bonchev–Trinajstić information content (AvgIpc) is 3.23. The minimum absolute atomic E-state index is 0.00636. The summed E-state index contributed by atoms with van der Waals surface area (Å²) in [5.74, 6) is -0.690. The molecule has 1 N–H and O–H groups in total. The lowest BCUT2D eigenvalue weighted by Crippen LogP contribution is -2.43. The number of imide groups is 1. The van der Waals surface area contributed by atoms with E-state index in [1.807, 2.05) is 12.3 Å². The van der Waals surface area contributed by atoms with Crippen molar-refractivity contribution in [1.29, 1.82) is 0 Å². The molecular weight excluding hydrogens is 374 g/mol. The van der Waals surface area contributed by atoms with Crippen molar-refractivity contribution in [3.8, 4) is 0 Å². The van der Waals surface area contributed by atoms with Crippen LogP contribution in [0.15, 0.2) is 29.6 Å². The van der Waals surface area contributed by atoms with Crippen LogP contribution in [0.1, 0.15) is 57.1 Å². The minimum atomic E-state index is -0.247. The van der Waals surface area contributed by atoms with Gasteiger partial charge in [-0.2, -0.15) is 0 Å². The zero-order valence-corrected chi connectivity index (χ0v) is 16.6. The van der Waals surface area contributed by atoms with Crippen LogP contribution < -0.4 is 5.32 Å². The summed E-state index contributed by atoms with van der Waals surface area (Å²) in [4.78, 5) is 43.9. The Morgan fingerprint density at radius 3 is 2.50 bits per heavy atom. The topological polar surface area (TPSA) is 79.4 Å². The summed E-state index contributed by atoms with van der Waals surface area (Å²) in [5.41, 5.74) is 1.79. The molecule has 1 saturated carbocycles. The number of amides is 3. The molecule has 6 nitrogen and oxygen atoms in total. The molecule has 1 fully saturated rings. The highest BCUT2D eigenvalue weighted by atomic mass is 32.1. The number of nitrogens with one attached hydrogen (secondary N) is 1. The Kier molecular flexibility index (Phi) is 5.26. The number of hydrogen-bond donors (Lipinski definition) is 1. The molecular formula is C21H23N3O3S. The van der Waals surface area contributed by atoms with Crippen LogP contribution >= 0.6 is 11.3 Å². The first-order chi connectivity index (χ1) is 13.5. The van der Waals surface area contributed by atoms with Gasteiger partial charge in [0.1, 0.15) is 0 Å². The van der Waals surface area contributed by atoms with Gasteiger partial charge >= 0.3 is 0 Å². The van der Waals surface area contributed by atoms with E-state index in [2.05, 4.69) is 10.3 Å². The zero-order chi connectivity index (χ0) is 19.7. The van der Waals surface area contributed by atoms with Gasteiger partial charge in [-0.3, -0.25) is 19.3 Å². The smallest absolute Gasteiger partial charge is 0.261 e. The number of aromatic nitrogens is 1. The molecule has 28 heavy (non-hydrogen) atoms. The van der Waals surface area contributed by atoms with Gasteiger partial charge < -0.3 is 5.32 Å². The minimum Gasteiger partial charge on any atom is -0.350 e. The van der Waals surface area contributed by atoms with Crippen molar-refractivity contribution in [2.24, 2.45) is 11.8 Å². The second-order valence-electron chi connectivity index (χ2n) is 7.49. The fourth-order valence-corrected chi connectivity index (χ4v) is 4.82. The Morgan fingerprint density at radius 1 is 1.18 bits per heavy atom. The third-order valence-electron chi connectivity index (χ3n) is 5.65. The van der Waals surface area contributed by atoms with Gasteiger partial charge in [0, 0.05) is 17.8 Å². The molecule has 3 amide bonds.